The SMILES string of the molecule is CC(CO)(N=C(N)N=C(N)N)c1ccccc1. The number of hydrogen-bond donors (Lipinski definition) is 4. The second-order valence-corrected chi connectivity index (χ2v) is 3.80. The van der Waals surface area contributed by atoms with Crippen LogP contribution in [0, 0.1) is 0 Å². The molecule has 0 aliphatic heterocycles. The molecule has 1 rings (SSSR count). The lowest BCUT2D eigenvalue weighted by Gasteiger charge is -2.23. The zero-order valence-corrected chi connectivity index (χ0v) is 9.67. The Morgan fingerprint density at radius 1 is 1.24 bits per heavy atom. The zero-order valence-electron chi connectivity index (χ0n) is 9.67. The smallest absolute Gasteiger partial charge is 0.219 e. The molecule has 6 heteroatoms. The molecule has 0 bridgehead atoms. The fraction of sp³-hybridized carbons (Fsp3) is 0.273. The second-order valence-electron chi connectivity index (χ2n) is 3.80. The maximum atomic E-state index is 9.45. The molecular formula is C11H17N5O. The molecule has 7 N–H and O–H groups in total. The number of nitrogens with two attached hydrogens (primary N) is 3. The number of guanidine groups is 2. The molecule has 1 aromatic carbocycles. The van der Waals surface area contributed by atoms with Gasteiger partial charge in [0.1, 0.15) is 5.54 Å². The topological polar surface area (TPSA) is 123 Å². The van der Waals surface area contributed by atoms with E-state index in [0.29, 0.717) is 0 Å². The monoisotopic (exact) mass is 235 g/mol. The summed E-state index contributed by atoms with van der Waals surface area (Å²) in [4.78, 5) is 7.76. The zero-order chi connectivity index (χ0) is 12.9. The van der Waals surface area contributed by atoms with Crippen LogP contribution in [0.1, 0.15) is 12.5 Å². The second kappa shape index (κ2) is 5.31. The highest BCUT2D eigenvalue weighted by molar-refractivity contribution is 5.92. The van der Waals surface area contributed by atoms with Crippen molar-refractivity contribution in [2.75, 3.05) is 6.61 Å². The Balaban J connectivity index is 3.10. The fourth-order valence-electron chi connectivity index (χ4n) is 1.40. The lowest BCUT2D eigenvalue weighted by atomic mass is 9.94. The maximum absolute atomic E-state index is 9.45. The number of rotatable bonds is 3. The first-order valence-corrected chi connectivity index (χ1v) is 5.09. The standard InChI is InChI=1S/C11H17N5O/c1-11(7-17,8-5-3-2-4-6-8)16-10(14)15-9(12)13/h2-6,17H,7H2,1H3,(H6,12,13,14,15,16). The van der Waals surface area contributed by atoms with Gasteiger partial charge in [-0.05, 0) is 12.5 Å². The molecule has 17 heavy (non-hydrogen) atoms. The Kier molecular flexibility index (Phi) is 4.06. The summed E-state index contributed by atoms with van der Waals surface area (Å²) in [6, 6.07) is 9.29. The number of aliphatic hydroxyl groups is 1. The van der Waals surface area contributed by atoms with E-state index < -0.39 is 5.54 Å². The van der Waals surface area contributed by atoms with E-state index >= 15 is 0 Å². The van der Waals surface area contributed by atoms with Gasteiger partial charge in [0, 0.05) is 0 Å². The van der Waals surface area contributed by atoms with Crippen LogP contribution < -0.4 is 17.2 Å². The predicted molar refractivity (Wildman–Crippen MR) is 68.3 cm³/mol. The van der Waals surface area contributed by atoms with Gasteiger partial charge in [-0.1, -0.05) is 30.3 Å². The molecule has 0 spiro atoms. The lowest BCUT2D eigenvalue weighted by Crippen LogP contribution is -2.31. The third-order valence-electron chi connectivity index (χ3n) is 2.31. The highest BCUT2D eigenvalue weighted by Gasteiger charge is 2.25. The van der Waals surface area contributed by atoms with Gasteiger partial charge in [-0.3, -0.25) is 0 Å². The largest absolute Gasteiger partial charge is 0.393 e. The van der Waals surface area contributed by atoms with Gasteiger partial charge < -0.3 is 22.3 Å². The highest BCUT2D eigenvalue weighted by Crippen LogP contribution is 2.24. The first-order valence-electron chi connectivity index (χ1n) is 5.09. The minimum absolute atomic E-state index is 0.0644. The number of hydrogen-bond acceptors (Lipinski definition) is 2. The van der Waals surface area contributed by atoms with Gasteiger partial charge in [0.15, 0.2) is 5.96 Å². The van der Waals surface area contributed by atoms with Gasteiger partial charge in [0.2, 0.25) is 5.96 Å². The van der Waals surface area contributed by atoms with Crippen LogP contribution in [0.15, 0.2) is 40.3 Å². The van der Waals surface area contributed by atoms with Crippen molar-refractivity contribution in [3.8, 4) is 0 Å². The molecule has 0 aliphatic rings. The fourth-order valence-corrected chi connectivity index (χ4v) is 1.40. The van der Waals surface area contributed by atoms with Gasteiger partial charge in [-0.2, -0.15) is 4.99 Å². The molecule has 0 amide bonds. The van der Waals surface area contributed by atoms with Crippen molar-refractivity contribution in [3.05, 3.63) is 35.9 Å². The minimum Gasteiger partial charge on any atom is -0.393 e. The maximum Gasteiger partial charge on any atom is 0.219 e. The Morgan fingerprint density at radius 2 is 1.82 bits per heavy atom. The minimum atomic E-state index is -0.857. The third-order valence-corrected chi connectivity index (χ3v) is 2.31. The van der Waals surface area contributed by atoms with Gasteiger partial charge in [0.25, 0.3) is 0 Å². The van der Waals surface area contributed by atoms with Crippen LogP contribution in [0.3, 0.4) is 0 Å². The molecule has 0 radical (unpaired) electrons. The van der Waals surface area contributed by atoms with E-state index in [4.69, 9.17) is 17.2 Å². The van der Waals surface area contributed by atoms with E-state index in [2.05, 4.69) is 9.98 Å². The van der Waals surface area contributed by atoms with Crippen LogP contribution in [0.25, 0.3) is 0 Å². The molecule has 0 fully saturated rings. The first-order chi connectivity index (χ1) is 7.98. The third kappa shape index (κ3) is 3.46. The van der Waals surface area contributed by atoms with E-state index in [1.807, 2.05) is 30.3 Å². The molecule has 1 unspecified atom stereocenters. The first kappa shape index (κ1) is 13.0. The summed E-state index contributed by atoms with van der Waals surface area (Å²) >= 11 is 0. The molecular weight excluding hydrogens is 218 g/mol. The molecule has 6 nitrogen and oxygen atoms in total. The average molecular weight is 235 g/mol. The summed E-state index contributed by atoms with van der Waals surface area (Å²) in [5, 5.41) is 9.45. The Bertz CT molecular complexity index is 425. The van der Waals surface area contributed by atoms with Crippen molar-refractivity contribution in [1.29, 1.82) is 0 Å². The molecule has 1 aromatic rings. The van der Waals surface area contributed by atoms with Crippen LogP contribution in [-0.4, -0.2) is 23.6 Å². The van der Waals surface area contributed by atoms with E-state index in [0.717, 1.165) is 5.56 Å². The quantitative estimate of drug-likeness (QED) is 0.416. The van der Waals surface area contributed by atoms with Crippen molar-refractivity contribution in [2.45, 2.75) is 12.5 Å². The van der Waals surface area contributed by atoms with E-state index in [9.17, 15) is 5.11 Å². The van der Waals surface area contributed by atoms with Crippen molar-refractivity contribution >= 4 is 11.9 Å². The van der Waals surface area contributed by atoms with Crippen molar-refractivity contribution in [2.24, 2.45) is 27.2 Å². The van der Waals surface area contributed by atoms with Gasteiger partial charge in [0.05, 0.1) is 6.61 Å². The summed E-state index contributed by atoms with van der Waals surface area (Å²) in [6.45, 7) is 1.55. The number of nitrogens with zero attached hydrogens (tertiary/aromatic N) is 2. The summed E-state index contributed by atoms with van der Waals surface area (Å²) in [6.07, 6.45) is 0. The van der Waals surface area contributed by atoms with E-state index in [1.165, 1.54) is 0 Å². The molecule has 0 aliphatic carbocycles. The Hall–Kier alpha value is -2.08. The number of benzene rings is 1. The number of aliphatic hydroxyl groups excluding tert-OH is 1. The lowest BCUT2D eigenvalue weighted by molar-refractivity contribution is 0.211. The summed E-state index contributed by atoms with van der Waals surface area (Å²) in [5.41, 5.74) is 15.9. The van der Waals surface area contributed by atoms with Crippen molar-refractivity contribution in [3.63, 3.8) is 0 Å². The molecule has 0 heterocycles. The summed E-state index contributed by atoms with van der Waals surface area (Å²) < 4.78 is 0. The molecule has 92 valence electrons. The highest BCUT2D eigenvalue weighted by atomic mass is 16.3. The molecule has 0 saturated carbocycles. The van der Waals surface area contributed by atoms with E-state index in [1.54, 1.807) is 6.92 Å². The summed E-state index contributed by atoms with van der Waals surface area (Å²) in [5.74, 6) is -0.231. The predicted octanol–water partition coefficient (Wildman–Crippen LogP) is -0.518. The molecule has 0 saturated heterocycles. The number of aliphatic imine (C=N–C) groups is 2. The Morgan fingerprint density at radius 3 is 2.29 bits per heavy atom. The van der Waals surface area contributed by atoms with Gasteiger partial charge >= 0.3 is 0 Å². The van der Waals surface area contributed by atoms with Crippen molar-refractivity contribution < 1.29 is 5.11 Å². The van der Waals surface area contributed by atoms with Gasteiger partial charge in [-0.25, -0.2) is 4.99 Å². The summed E-state index contributed by atoms with van der Waals surface area (Å²) in [7, 11) is 0. The van der Waals surface area contributed by atoms with Crippen LogP contribution in [0.5, 0.6) is 0 Å². The average Bonchev–Trinajstić information content (AvgIpc) is 2.29. The van der Waals surface area contributed by atoms with Crippen LogP contribution in [-0.2, 0) is 5.54 Å². The van der Waals surface area contributed by atoms with Crippen LogP contribution in [0.4, 0.5) is 0 Å². The molecule has 0 aromatic heterocycles. The van der Waals surface area contributed by atoms with Crippen LogP contribution >= 0.6 is 0 Å². The Labute approximate surface area is 99.9 Å². The van der Waals surface area contributed by atoms with E-state index in [-0.39, 0.29) is 18.5 Å². The molecule has 1 atom stereocenters. The van der Waals surface area contributed by atoms with Crippen molar-refractivity contribution in [1.82, 2.24) is 0 Å². The normalized spacial score (nSPS) is 15.1. The van der Waals surface area contributed by atoms with Gasteiger partial charge in [-0.15, -0.1) is 0 Å². The van der Waals surface area contributed by atoms with Crippen LogP contribution in [0.2, 0.25) is 0 Å².